The van der Waals surface area contributed by atoms with Gasteiger partial charge in [-0.2, -0.15) is 0 Å². The molecule has 4 heteroatoms. The molecule has 0 aliphatic carbocycles. The summed E-state index contributed by atoms with van der Waals surface area (Å²) >= 11 is 0. The first-order valence-corrected chi connectivity index (χ1v) is 5.28. The molecule has 0 bridgehead atoms. The van der Waals surface area contributed by atoms with E-state index in [0.717, 1.165) is 6.42 Å². The van der Waals surface area contributed by atoms with E-state index in [0.29, 0.717) is 12.1 Å². The maximum Gasteiger partial charge on any atom is 0.257 e. The number of rotatable bonds is 4. The zero-order valence-electron chi connectivity index (χ0n) is 9.60. The summed E-state index contributed by atoms with van der Waals surface area (Å²) in [6, 6.07) is 4.54. The minimum Gasteiger partial charge on any atom is -0.507 e. The highest BCUT2D eigenvalue weighted by Crippen LogP contribution is 2.20. The van der Waals surface area contributed by atoms with Crippen molar-refractivity contribution in [2.75, 3.05) is 13.6 Å². The zero-order chi connectivity index (χ0) is 12.1. The molecule has 0 unspecified atom stereocenters. The molecular formula is C12H17NO3. The van der Waals surface area contributed by atoms with Crippen molar-refractivity contribution in [2.24, 2.45) is 0 Å². The van der Waals surface area contributed by atoms with Crippen LogP contribution in [-0.2, 0) is 6.61 Å². The highest BCUT2D eigenvalue weighted by Gasteiger charge is 2.15. The third-order valence-electron chi connectivity index (χ3n) is 2.38. The number of aliphatic hydroxyl groups is 1. The van der Waals surface area contributed by atoms with Crippen molar-refractivity contribution >= 4 is 5.91 Å². The number of hydrogen-bond donors (Lipinski definition) is 2. The molecule has 1 rings (SSSR count). The molecule has 0 aliphatic rings. The third-order valence-corrected chi connectivity index (χ3v) is 2.38. The van der Waals surface area contributed by atoms with Gasteiger partial charge in [0.2, 0.25) is 0 Å². The van der Waals surface area contributed by atoms with Crippen molar-refractivity contribution in [1.82, 2.24) is 4.90 Å². The number of carbonyl (C=O) groups excluding carboxylic acids is 1. The van der Waals surface area contributed by atoms with Crippen molar-refractivity contribution < 1.29 is 15.0 Å². The van der Waals surface area contributed by atoms with Crippen molar-refractivity contribution in [3.8, 4) is 5.75 Å². The van der Waals surface area contributed by atoms with Gasteiger partial charge in [-0.3, -0.25) is 4.79 Å². The Morgan fingerprint density at radius 3 is 2.69 bits per heavy atom. The molecule has 0 fully saturated rings. The second-order valence-electron chi connectivity index (χ2n) is 3.74. The SMILES string of the molecule is CCCN(C)C(=O)c1cc(CO)ccc1O. The maximum absolute atomic E-state index is 11.9. The number of nitrogens with zero attached hydrogens (tertiary/aromatic N) is 1. The number of phenolic OH excluding ortho intramolecular Hbond substituents is 1. The van der Waals surface area contributed by atoms with Gasteiger partial charge in [0.25, 0.3) is 5.91 Å². The molecule has 0 saturated carbocycles. The molecule has 1 amide bonds. The van der Waals surface area contributed by atoms with Crippen LogP contribution in [0.5, 0.6) is 5.75 Å². The summed E-state index contributed by atoms with van der Waals surface area (Å²) < 4.78 is 0. The summed E-state index contributed by atoms with van der Waals surface area (Å²) in [5.41, 5.74) is 0.855. The smallest absolute Gasteiger partial charge is 0.257 e. The molecule has 88 valence electrons. The lowest BCUT2D eigenvalue weighted by Crippen LogP contribution is -2.27. The lowest BCUT2D eigenvalue weighted by molar-refractivity contribution is 0.0792. The molecule has 1 aromatic rings. The molecule has 0 aliphatic heterocycles. The van der Waals surface area contributed by atoms with Gasteiger partial charge >= 0.3 is 0 Å². The Balaban J connectivity index is 2.97. The van der Waals surface area contributed by atoms with Crippen molar-refractivity contribution in [3.63, 3.8) is 0 Å². The fourth-order valence-electron chi connectivity index (χ4n) is 1.50. The van der Waals surface area contributed by atoms with E-state index in [1.165, 1.54) is 12.1 Å². The molecule has 4 nitrogen and oxygen atoms in total. The lowest BCUT2D eigenvalue weighted by Gasteiger charge is -2.17. The second-order valence-corrected chi connectivity index (χ2v) is 3.74. The summed E-state index contributed by atoms with van der Waals surface area (Å²) in [6.07, 6.45) is 0.864. The zero-order valence-corrected chi connectivity index (χ0v) is 9.60. The number of amides is 1. The van der Waals surface area contributed by atoms with Crippen molar-refractivity contribution in [3.05, 3.63) is 29.3 Å². The Kier molecular flexibility index (Phi) is 4.31. The molecule has 0 heterocycles. The predicted molar refractivity (Wildman–Crippen MR) is 61.3 cm³/mol. The van der Waals surface area contributed by atoms with E-state index < -0.39 is 0 Å². The van der Waals surface area contributed by atoms with E-state index in [9.17, 15) is 9.90 Å². The van der Waals surface area contributed by atoms with Crippen LogP contribution < -0.4 is 0 Å². The van der Waals surface area contributed by atoms with E-state index in [-0.39, 0.29) is 23.8 Å². The Bertz CT molecular complexity index is 377. The first-order chi connectivity index (χ1) is 7.60. The number of aliphatic hydroxyl groups excluding tert-OH is 1. The molecule has 0 atom stereocenters. The molecule has 1 aromatic carbocycles. The summed E-state index contributed by atoms with van der Waals surface area (Å²) in [7, 11) is 1.69. The van der Waals surface area contributed by atoms with Gasteiger partial charge in [0.1, 0.15) is 5.75 Å². The van der Waals surface area contributed by atoms with Crippen LogP contribution in [0.3, 0.4) is 0 Å². The highest BCUT2D eigenvalue weighted by atomic mass is 16.3. The van der Waals surface area contributed by atoms with Crippen LogP contribution in [0, 0.1) is 0 Å². The van der Waals surface area contributed by atoms with Crippen LogP contribution >= 0.6 is 0 Å². The van der Waals surface area contributed by atoms with Crippen LogP contribution in [0.4, 0.5) is 0 Å². The summed E-state index contributed by atoms with van der Waals surface area (Å²) in [6.45, 7) is 2.48. The molecule has 0 radical (unpaired) electrons. The van der Waals surface area contributed by atoms with Crippen LogP contribution in [-0.4, -0.2) is 34.6 Å². The second kappa shape index (κ2) is 5.51. The van der Waals surface area contributed by atoms with Gasteiger partial charge in [-0.05, 0) is 24.1 Å². The fraction of sp³-hybridized carbons (Fsp3) is 0.417. The molecule has 0 spiro atoms. The first-order valence-electron chi connectivity index (χ1n) is 5.28. The topological polar surface area (TPSA) is 60.8 Å². The van der Waals surface area contributed by atoms with Gasteiger partial charge in [0, 0.05) is 13.6 Å². The highest BCUT2D eigenvalue weighted by molar-refractivity contribution is 5.96. The number of carbonyl (C=O) groups is 1. The molecule has 2 N–H and O–H groups in total. The maximum atomic E-state index is 11.9. The molecular weight excluding hydrogens is 206 g/mol. The van der Waals surface area contributed by atoms with Crippen molar-refractivity contribution in [1.29, 1.82) is 0 Å². The van der Waals surface area contributed by atoms with Gasteiger partial charge in [-0.25, -0.2) is 0 Å². The summed E-state index contributed by atoms with van der Waals surface area (Å²) in [4.78, 5) is 13.5. The van der Waals surface area contributed by atoms with Gasteiger partial charge in [-0.1, -0.05) is 13.0 Å². The van der Waals surface area contributed by atoms with Gasteiger partial charge in [0.15, 0.2) is 0 Å². The lowest BCUT2D eigenvalue weighted by atomic mass is 10.1. The minimum atomic E-state index is -0.227. The van der Waals surface area contributed by atoms with E-state index in [2.05, 4.69) is 0 Å². The standard InChI is InChI=1S/C12H17NO3/c1-3-6-13(2)12(16)10-7-9(8-14)4-5-11(10)15/h4-5,7,14-15H,3,6,8H2,1-2H3. The minimum absolute atomic E-state index is 0.0508. The summed E-state index contributed by atoms with van der Waals surface area (Å²) in [5.74, 6) is -0.278. The quantitative estimate of drug-likeness (QED) is 0.810. The number of benzene rings is 1. The Morgan fingerprint density at radius 1 is 1.44 bits per heavy atom. The van der Waals surface area contributed by atoms with Gasteiger partial charge in [0.05, 0.1) is 12.2 Å². The molecule has 16 heavy (non-hydrogen) atoms. The average Bonchev–Trinajstić information content (AvgIpc) is 2.29. The molecule has 0 saturated heterocycles. The summed E-state index contributed by atoms with van der Waals surface area (Å²) in [5, 5.41) is 18.6. The number of phenols is 1. The first kappa shape index (κ1) is 12.5. The molecule has 0 aromatic heterocycles. The Morgan fingerprint density at radius 2 is 2.12 bits per heavy atom. The number of hydrogen-bond acceptors (Lipinski definition) is 3. The normalized spacial score (nSPS) is 10.2. The monoisotopic (exact) mass is 223 g/mol. The van der Waals surface area contributed by atoms with Crippen LogP contribution in [0.25, 0.3) is 0 Å². The van der Waals surface area contributed by atoms with E-state index in [1.54, 1.807) is 18.0 Å². The Labute approximate surface area is 95.1 Å². The van der Waals surface area contributed by atoms with Crippen LogP contribution in [0.15, 0.2) is 18.2 Å². The van der Waals surface area contributed by atoms with Crippen LogP contribution in [0.2, 0.25) is 0 Å². The fourth-order valence-corrected chi connectivity index (χ4v) is 1.50. The van der Waals surface area contributed by atoms with E-state index >= 15 is 0 Å². The van der Waals surface area contributed by atoms with Gasteiger partial charge in [-0.15, -0.1) is 0 Å². The largest absolute Gasteiger partial charge is 0.507 e. The third kappa shape index (κ3) is 2.73. The van der Waals surface area contributed by atoms with Gasteiger partial charge < -0.3 is 15.1 Å². The van der Waals surface area contributed by atoms with E-state index in [4.69, 9.17) is 5.11 Å². The Hall–Kier alpha value is -1.55. The predicted octanol–water partition coefficient (Wildman–Crippen LogP) is 1.37. The van der Waals surface area contributed by atoms with Crippen molar-refractivity contribution in [2.45, 2.75) is 20.0 Å². The average molecular weight is 223 g/mol. The van der Waals surface area contributed by atoms with Crippen LogP contribution in [0.1, 0.15) is 29.3 Å². The van der Waals surface area contributed by atoms with E-state index in [1.807, 2.05) is 6.92 Å². The number of aromatic hydroxyl groups is 1.